The highest BCUT2D eigenvalue weighted by Gasteiger charge is 2.26. The van der Waals surface area contributed by atoms with Crippen molar-refractivity contribution >= 4 is 0 Å². The van der Waals surface area contributed by atoms with Gasteiger partial charge < -0.3 is 15.3 Å². The van der Waals surface area contributed by atoms with Gasteiger partial charge in [0.15, 0.2) is 17.2 Å². The molecule has 0 bridgehead atoms. The zero-order chi connectivity index (χ0) is 13.2. The maximum Gasteiger partial charge on any atom is 0.200 e. The maximum atomic E-state index is 9.55. The van der Waals surface area contributed by atoms with Crippen LogP contribution in [0.15, 0.2) is 12.1 Å². The average Bonchev–Trinajstić information content (AvgIpc) is 2.20. The highest BCUT2D eigenvalue weighted by Crippen LogP contribution is 2.44. The van der Waals surface area contributed by atoms with E-state index in [1.54, 1.807) is 12.1 Å². The second kappa shape index (κ2) is 4.86. The van der Waals surface area contributed by atoms with E-state index in [-0.39, 0.29) is 22.8 Å². The van der Waals surface area contributed by atoms with Gasteiger partial charge in [0.2, 0.25) is 0 Å². The molecule has 3 N–H and O–H groups in total. The third-order valence-electron chi connectivity index (χ3n) is 3.12. The standard InChI is InChI=1S/C14H22O3/c1-5-6-10(14(2,3)4)9-7-11(15)13(17)12(16)8-9/h7-8,10,15-17H,5-6H2,1-4H3. The third-order valence-corrected chi connectivity index (χ3v) is 3.12. The molecule has 17 heavy (non-hydrogen) atoms. The van der Waals surface area contributed by atoms with Crippen molar-refractivity contribution in [3.63, 3.8) is 0 Å². The summed E-state index contributed by atoms with van der Waals surface area (Å²) in [5, 5.41) is 28.5. The van der Waals surface area contributed by atoms with Crippen molar-refractivity contribution < 1.29 is 15.3 Å². The Morgan fingerprint density at radius 2 is 1.53 bits per heavy atom. The van der Waals surface area contributed by atoms with Gasteiger partial charge in [-0.1, -0.05) is 34.1 Å². The van der Waals surface area contributed by atoms with E-state index >= 15 is 0 Å². The molecule has 3 nitrogen and oxygen atoms in total. The van der Waals surface area contributed by atoms with Crippen LogP contribution in [0.1, 0.15) is 52.0 Å². The Bertz CT molecular complexity index is 368. The van der Waals surface area contributed by atoms with Crippen LogP contribution < -0.4 is 0 Å². The molecule has 0 aliphatic rings. The molecule has 1 aromatic carbocycles. The Balaban J connectivity index is 3.20. The van der Waals surface area contributed by atoms with Crippen LogP contribution in [0.4, 0.5) is 0 Å². The average molecular weight is 238 g/mol. The van der Waals surface area contributed by atoms with Crippen molar-refractivity contribution in [3.05, 3.63) is 17.7 Å². The molecule has 0 saturated carbocycles. The smallest absolute Gasteiger partial charge is 0.200 e. The third kappa shape index (κ3) is 3.05. The van der Waals surface area contributed by atoms with E-state index < -0.39 is 5.75 Å². The van der Waals surface area contributed by atoms with E-state index in [1.807, 2.05) is 0 Å². The molecular weight excluding hydrogens is 216 g/mol. The number of hydrogen-bond acceptors (Lipinski definition) is 3. The summed E-state index contributed by atoms with van der Waals surface area (Å²) in [6, 6.07) is 3.08. The Labute approximate surface area is 103 Å². The molecule has 0 radical (unpaired) electrons. The van der Waals surface area contributed by atoms with Crippen molar-refractivity contribution in [2.75, 3.05) is 0 Å². The molecule has 96 valence electrons. The van der Waals surface area contributed by atoms with Gasteiger partial charge in [-0.2, -0.15) is 0 Å². The fraction of sp³-hybridized carbons (Fsp3) is 0.571. The van der Waals surface area contributed by atoms with E-state index in [0.29, 0.717) is 0 Å². The summed E-state index contributed by atoms with van der Waals surface area (Å²) < 4.78 is 0. The van der Waals surface area contributed by atoms with Gasteiger partial charge in [0.25, 0.3) is 0 Å². The minimum absolute atomic E-state index is 0.0475. The minimum atomic E-state index is -0.446. The van der Waals surface area contributed by atoms with Crippen molar-refractivity contribution in [1.29, 1.82) is 0 Å². The summed E-state index contributed by atoms with van der Waals surface area (Å²) in [7, 11) is 0. The summed E-state index contributed by atoms with van der Waals surface area (Å²) in [5.74, 6) is -0.724. The van der Waals surface area contributed by atoms with Gasteiger partial charge in [0.1, 0.15) is 0 Å². The van der Waals surface area contributed by atoms with Crippen LogP contribution in [-0.2, 0) is 0 Å². The lowest BCUT2D eigenvalue weighted by Crippen LogP contribution is -2.18. The number of phenols is 3. The second-order valence-corrected chi connectivity index (χ2v) is 5.62. The SMILES string of the molecule is CCCC(c1cc(O)c(O)c(O)c1)C(C)(C)C. The normalized spacial score (nSPS) is 13.6. The van der Waals surface area contributed by atoms with Crippen LogP contribution in [0.2, 0.25) is 0 Å². The van der Waals surface area contributed by atoms with Gasteiger partial charge in [0, 0.05) is 0 Å². The molecule has 0 aromatic heterocycles. The summed E-state index contributed by atoms with van der Waals surface area (Å²) in [6.07, 6.45) is 2.01. The zero-order valence-electron chi connectivity index (χ0n) is 11.0. The summed E-state index contributed by atoms with van der Waals surface area (Å²) in [5.41, 5.74) is 0.915. The van der Waals surface area contributed by atoms with Crippen LogP contribution in [0.3, 0.4) is 0 Å². The minimum Gasteiger partial charge on any atom is -0.504 e. The Morgan fingerprint density at radius 3 is 1.88 bits per heavy atom. The number of hydrogen-bond donors (Lipinski definition) is 3. The van der Waals surface area contributed by atoms with E-state index in [4.69, 9.17) is 0 Å². The van der Waals surface area contributed by atoms with Crippen molar-refractivity contribution in [1.82, 2.24) is 0 Å². The van der Waals surface area contributed by atoms with Crippen molar-refractivity contribution in [2.45, 2.75) is 46.5 Å². The van der Waals surface area contributed by atoms with Crippen LogP contribution in [0.5, 0.6) is 17.2 Å². The predicted molar refractivity (Wildman–Crippen MR) is 68.5 cm³/mol. The molecule has 1 rings (SSSR count). The molecular formula is C14H22O3. The summed E-state index contributed by atoms with van der Waals surface area (Å²) >= 11 is 0. The number of benzene rings is 1. The van der Waals surface area contributed by atoms with E-state index in [9.17, 15) is 15.3 Å². The van der Waals surface area contributed by atoms with E-state index in [1.165, 1.54) is 0 Å². The van der Waals surface area contributed by atoms with Gasteiger partial charge in [-0.15, -0.1) is 0 Å². The van der Waals surface area contributed by atoms with Crippen LogP contribution in [-0.4, -0.2) is 15.3 Å². The largest absolute Gasteiger partial charge is 0.504 e. The Morgan fingerprint density at radius 1 is 1.06 bits per heavy atom. The van der Waals surface area contributed by atoms with Gasteiger partial charge in [-0.3, -0.25) is 0 Å². The van der Waals surface area contributed by atoms with Crippen molar-refractivity contribution in [2.24, 2.45) is 5.41 Å². The fourth-order valence-electron chi connectivity index (χ4n) is 2.21. The second-order valence-electron chi connectivity index (χ2n) is 5.62. The highest BCUT2D eigenvalue weighted by atomic mass is 16.3. The van der Waals surface area contributed by atoms with Crippen LogP contribution in [0, 0.1) is 5.41 Å². The molecule has 0 fully saturated rings. The zero-order valence-corrected chi connectivity index (χ0v) is 11.0. The molecule has 0 saturated heterocycles. The van der Waals surface area contributed by atoms with Gasteiger partial charge in [-0.05, 0) is 35.4 Å². The molecule has 0 spiro atoms. The molecule has 0 amide bonds. The number of phenolic OH excluding ortho intramolecular Hbond substituents is 3. The van der Waals surface area contributed by atoms with Crippen LogP contribution in [0.25, 0.3) is 0 Å². The molecule has 3 heteroatoms. The Kier molecular flexibility index (Phi) is 3.91. The first-order valence-corrected chi connectivity index (χ1v) is 6.02. The topological polar surface area (TPSA) is 60.7 Å². The lowest BCUT2D eigenvalue weighted by Gasteiger charge is -2.31. The first-order valence-electron chi connectivity index (χ1n) is 6.02. The summed E-state index contributed by atoms with van der Waals surface area (Å²) in [4.78, 5) is 0. The molecule has 0 aliphatic carbocycles. The number of aromatic hydroxyl groups is 3. The highest BCUT2D eigenvalue weighted by molar-refractivity contribution is 5.52. The van der Waals surface area contributed by atoms with Gasteiger partial charge in [0.05, 0.1) is 0 Å². The van der Waals surface area contributed by atoms with Gasteiger partial charge in [-0.25, -0.2) is 0 Å². The Hall–Kier alpha value is -1.38. The summed E-state index contributed by atoms with van der Waals surface area (Å²) in [6.45, 7) is 8.51. The van der Waals surface area contributed by atoms with E-state index in [0.717, 1.165) is 18.4 Å². The first kappa shape index (κ1) is 13.7. The lowest BCUT2D eigenvalue weighted by molar-refractivity contribution is 0.299. The van der Waals surface area contributed by atoms with Gasteiger partial charge >= 0.3 is 0 Å². The molecule has 0 aliphatic heterocycles. The van der Waals surface area contributed by atoms with Crippen molar-refractivity contribution in [3.8, 4) is 17.2 Å². The molecule has 1 atom stereocenters. The maximum absolute atomic E-state index is 9.55. The monoisotopic (exact) mass is 238 g/mol. The quantitative estimate of drug-likeness (QED) is 0.703. The fourth-order valence-corrected chi connectivity index (χ4v) is 2.21. The molecule has 1 aromatic rings. The van der Waals surface area contributed by atoms with E-state index in [2.05, 4.69) is 27.7 Å². The van der Waals surface area contributed by atoms with Crippen LogP contribution >= 0.6 is 0 Å². The lowest BCUT2D eigenvalue weighted by atomic mass is 9.74. The molecule has 0 heterocycles. The molecule has 1 unspecified atom stereocenters. The predicted octanol–water partition coefficient (Wildman–Crippen LogP) is 3.73. The first-order chi connectivity index (χ1) is 7.77. The number of rotatable bonds is 3.